The van der Waals surface area contributed by atoms with E-state index in [2.05, 4.69) is 15.0 Å². The molecule has 208 valence electrons. The number of halogens is 2. The maximum Gasteiger partial charge on any atom is 0.410 e. The molecule has 1 atom stereocenters. The van der Waals surface area contributed by atoms with Crippen LogP contribution in [0, 0.1) is 5.82 Å². The quantitative estimate of drug-likeness (QED) is 0.265. The second kappa shape index (κ2) is 11.2. The van der Waals surface area contributed by atoms with E-state index in [-0.39, 0.29) is 28.8 Å². The van der Waals surface area contributed by atoms with Crippen LogP contribution in [-0.4, -0.2) is 75.2 Å². The molecule has 39 heavy (non-hydrogen) atoms. The van der Waals surface area contributed by atoms with E-state index in [1.807, 2.05) is 64.7 Å². The van der Waals surface area contributed by atoms with Gasteiger partial charge in [-0.15, -0.1) is 11.8 Å². The molecule has 2 aliphatic heterocycles. The number of amidine groups is 1. The third-order valence-electron chi connectivity index (χ3n) is 6.34. The zero-order valence-electron chi connectivity index (χ0n) is 23.1. The minimum Gasteiger partial charge on any atom is -0.444 e. The fourth-order valence-electron chi connectivity index (χ4n) is 4.63. The Balaban J connectivity index is 1.81. The Hall–Kier alpha value is -3.14. The first-order valence-corrected chi connectivity index (χ1v) is 14.2. The predicted octanol–water partition coefficient (Wildman–Crippen LogP) is 5.63. The minimum atomic E-state index is -0.706. The summed E-state index contributed by atoms with van der Waals surface area (Å²) in [4.78, 5) is 44.7. The van der Waals surface area contributed by atoms with E-state index in [1.54, 1.807) is 16.0 Å². The highest BCUT2D eigenvalue weighted by Gasteiger charge is 2.38. The average molecular weight is 575 g/mol. The molecule has 1 amide bonds. The van der Waals surface area contributed by atoms with Crippen molar-refractivity contribution in [1.29, 1.82) is 0 Å². The van der Waals surface area contributed by atoms with Crippen LogP contribution in [0.5, 0.6) is 0 Å². The Kier molecular flexibility index (Phi) is 8.25. The van der Waals surface area contributed by atoms with Crippen molar-refractivity contribution in [1.82, 2.24) is 19.8 Å². The molecule has 9 nitrogen and oxygen atoms in total. The molecule has 0 unspecified atom stereocenters. The number of hydrogen-bond donors (Lipinski definition) is 0. The highest BCUT2D eigenvalue weighted by Crippen LogP contribution is 2.44. The summed E-state index contributed by atoms with van der Waals surface area (Å²) < 4.78 is 20.4. The molecule has 0 radical (unpaired) electrons. The van der Waals surface area contributed by atoms with E-state index >= 15 is 0 Å². The number of pyridine rings is 2. The lowest BCUT2D eigenvalue weighted by molar-refractivity contribution is 0.0134. The highest BCUT2D eigenvalue weighted by atomic mass is 35.5. The van der Waals surface area contributed by atoms with E-state index in [0.717, 1.165) is 10.6 Å². The van der Waals surface area contributed by atoms with Gasteiger partial charge in [-0.25, -0.2) is 24.0 Å². The van der Waals surface area contributed by atoms with Crippen molar-refractivity contribution in [2.75, 3.05) is 30.8 Å². The van der Waals surface area contributed by atoms with Gasteiger partial charge in [0.15, 0.2) is 22.7 Å². The zero-order chi connectivity index (χ0) is 28.6. The Morgan fingerprint density at radius 2 is 2.03 bits per heavy atom. The van der Waals surface area contributed by atoms with Crippen LogP contribution in [0.4, 0.5) is 20.7 Å². The number of aromatic nitrogens is 2. The van der Waals surface area contributed by atoms with Crippen molar-refractivity contribution in [3.63, 3.8) is 0 Å². The second-order valence-electron chi connectivity index (χ2n) is 10.7. The molecule has 4 heterocycles. The molecule has 0 aliphatic carbocycles. The van der Waals surface area contributed by atoms with E-state index in [0.29, 0.717) is 36.7 Å². The van der Waals surface area contributed by atoms with Gasteiger partial charge in [0.1, 0.15) is 11.4 Å². The van der Waals surface area contributed by atoms with Gasteiger partial charge in [-0.3, -0.25) is 9.88 Å². The summed E-state index contributed by atoms with van der Waals surface area (Å²) in [6, 6.07) is 2.91. The number of carbonyl (C=O) groups excluding carboxylic acids is 2. The standard InChI is InChI=1S/C27H32ClFN6O3S/c1-15(2)21-22(19(39-7)8-9-30-21)35-20(14-36)31-24(17-12-18(29)23(28)32-25(17)35)34-11-10-33(13-16(34)3)26(37)38-27(4,5)6/h8-9,12,15-16H,10-11,13H2,1-7H3/t16-/m0/s1. The molecular weight excluding hydrogens is 543 g/mol. The van der Waals surface area contributed by atoms with Crippen LogP contribution in [0.15, 0.2) is 34.0 Å². The normalized spacial score (nSPS) is 17.7. The van der Waals surface area contributed by atoms with Crippen LogP contribution in [0.2, 0.25) is 5.15 Å². The molecule has 2 aromatic rings. The molecule has 0 saturated carbocycles. The number of piperazine rings is 1. The van der Waals surface area contributed by atoms with E-state index < -0.39 is 17.5 Å². The number of carbonyl (C=O) groups is 1. The number of aliphatic imine (C=N–C) groups is 1. The van der Waals surface area contributed by atoms with Crippen molar-refractivity contribution in [2.24, 2.45) is 4.99 Å². The van der Waals surface area contributed by atoms with Crippen LogP contribution in [0.25, 0.3) is 0 Å². The monoisotopic (exact) mass is 574 g/mol. The van der Waals surface area contributed by atoms with Gasteiger partial charge in [0.2, 0.25) is 5.82 Å². The van der Waals surface area contributed by atoms with Gasteiger partial charge in [0, 0.05) is 36.8 Å². The number of anilines is 2. The number of rotatable bonds is 3. The molecule has 4 rings (SSSR count). The lowest BCUT2D eigenvalue weighted by Crippen LogP contribution is -2.56. The third-order valence-corrected chi connectivity index (χ3v) is 7.37. The Morgan fingerprint density at radius 3 is 2.62 bits per heavy atom. The molecule has 1 saturated heterocycles. The number of ether oxygens (including phenoxy) is 1. The first kappa shape index (κ1) is 28.9. The SMILES string of the molecule is CSc1ccnc(C(C)C)c1N1C(=C=O)N=C(N2CCN(C(=O)OC(C)(C)C)C[C@@H]2C)c2cc(F)c(Cl)nc21. The molecular formula is C27H32ClFN6O3S. The summed E-state index contributed by atoms with van der Waals surface area (Å²) in [5.74, 6) is 1.84. The molecule has 1 fully saturated rings. The van der Waals surface area contributed by atoms with Crippen molar-refractivity contribution >= 4 is 52.7 Å². The molecule has 0 spiro atoms. The highest BCUT2D eigenvalue weighted by molar-refractivity contribution is 7.98. The Bertz CT molecular complexity index is 1370. The maximum atomic E-state index is 14.9. The lowest BCUT2D eigenvalue weighted by Gasteiger charge is -2.43. The van der Waals surface area contributed by atoms with Crippen LogP contribution >= 0.6 is 23.4 Å². The first-order chi connectivity index (χ1) is 18.4. The van der Waals surface area contributed by atoms with Crippen LogP contribution in [-0.2, 0) is 9.53 Å². The van der Waals surface area contributed by atoms with Gasteiger partial charge >= 0.3 is 6.09 Å². The van der Waals surface area contributed by atoms with Gasteiger partial charge in [-0.2, -0.15) is 0 Å². The number of hydrogen-bond acceptors (Lipinski definition) is 9. The smallest absolute Gasteiger partial charge is 0.410 e. The largest absolute Gasteiger partial charge is 0.444 e. The molecule has 0 aromatic carbocycles. The third kappa shape index (κ3) is 5.76. The van der Waals surface area contributed by atoms with Gasteiger partial charge < -0.3 is 14.5 Å². The van der Waals surface area contributed by atoms with Gasteiger partial charge in [-0.05, 0) is 52.0 Å². The molecule has 0 N–H and O–H groups in total. The number of thioether (sulfide) groups is 1. The van der Waals surface area contributed by atoms with Crippen LogP contribution in [0.1, 0.15) is 58.7 Å². The van der Waals surface area contributed by atoms with E-state index in [4.69, 9.17) is 16.3 Å². The molecule has 2 aromatic heterocycles. The van der Waals surface area contributed by atoms with Gasteiger partial charge in [0.05, 0.1) is 16.9 Å². The number of nitrogens with zero attached hydrogens (tertiary/aromatic N) is 6. The van der Waals surface area contributed by atoms with Gasteiger partial charge in [-0.1, -0.05) is 25.4 Å². The fraction of sp³-hybridized carbons (Fsp3) is 0.481. The first-order valence-electron chi connectivity index (χ1n) is 12.6. The van der Waals surface area contributed by atoms with Crippen molar-refractivity contribution in [3.8, 4) is 0 Å². The van der Waals surface area contributed by atoms with E-state index in [9.17, 15) is 14.0 Å². The summed E-state index contributed by atoms with van der Waals surface area (Å²) >= 11 is 7.66. The minimum absolute atomic E-state index is 0.00528. The molecule has 2 aliphatic rings. The summed E-state index contributed by atoms with van der Waals surface area (Å²) in [5, 5.41) is -0.325. The topological polar surface area (TPSA) is 91.2 Å². The Labute approximate surface area is 237 Å². The summed E-state index contributed by atoms with van der Waals surface area (Å²) in [6.45, 7) is 12.5. The number of fused-ring (bicyclic) bond motifs is 1. The average Bonchev–Trinajstić information content (AvgIpc) is 2.87. The van der Waals surface area contributed by atoms with Crippen LogP contribution in [0.3, 0.4) is 0 Å². The summed E-state index contributed by atoms with van der Waals surface area (Å²) in [5.41, 5.74) is 1.11. The zero-order valence-corrected chi connectivity index (χ0v) is 24.7. The van der Waals surface area contributed by atoms with Crippen molar-refractivity contribution in [3.05, 3.63) is 46.4 Å². The summed E-state index contributed by atoms with van der Waals surface area (Å²) in [7, 11) is 0. The van der Waals surface area contributed by atoms with E-state index in [1.165, 1.54) is 17.8 Å². The van der Waals surface area contributed by atoms with Crippen molar-refractivity contribution in [2.45, 2.75) is 64.0 Å². The summed E-state index contributed by atoms with van der Waals surface area (Å²) in [6.07, 6.45) is 3.23. The van der Waals surface area contributed by atoms with Crippen LogP contribution < -0.4 is 4.90 Å². The second-order valence-corrected chi connectivity index (χ2v) is 11.9. The maximum absolute atomic E-state index is 14.9. The number of amides is 1. The predicted molar refractivity (Wildman–Crippen MR) is 151 cm³/mol. The fourth-order valence-corrected chi connectivity index (χ4v) is 5.35. The Morgan fingerprint density at radius 1 is 1.31 bits per heavy atom. The molecule has 0 bridgehead atoms. The lowest BCUT2D eigenvalue weighted by atomic mass is 10.0. The van der Waals surface area contributed by atoms with Gasteiger partial charge in [0.25, 0.3) is 0 Å². The molecule has 12 heteroatoms. The van der Waals surface area contributed by atoms with Crippen molar-refractivity contribution < 1.29 is 18.7 Å².